The molecule has 0 radical (unpaired) electrons. The molecular weight excluding hydrogens is 236 g/mol. The van der Waals surface area contributed by atoms with Crippen LogP contribution in [0.4, 0.5) is 0 Å². The summed E-state index contributed by atoms with van der Waals surface area (Å²) in [7, 11) is 0. The first kappa shape index (κ1) is 11.8. The van der Waals surface area contributed by atoms with E-state index >= 15 is 0 Å². The standard InChI is InChI=1S/C16H16N2O/c1-3-19-14-6-4-13(5-7-14)15-11-18-9-8-12(2)10-16(18)17-15/h4-11H,3H2,1-2H3. The minimum atomic E-state index is 0.687. The number of hydrogen-bond acceptors (Lipinski definition) is 2. The molecule has 2 heterocycles. The summed E-state index contributed by atoms with van der Waals surface area (Å²) in [6.07, 6.45) is 4.08. The number of hydrogen-bond donors (Lipinski definition) is 0. The first-order chi connectivity index (χ1) is 9.26. The molecule has 0 atom stereocenters. The van der Waals surface area contributed by atoms with Gasteiger partial charge in [0, 0.05) is 18.0 Å². The van der Waals surface area contributed by atoms with Crippen LogP contribution >= 0.6 is 0 Å². The van der Waals surface area contributed by atoms with Crippen LogP contribution in [0.1, 0.15) is 12.5 Å². The number of nitrogens with zero attached hydrogens (tertiary/aromatic N) is 2. The summed E-state index contributed by atoms with van der Waals surface area (Å²) in [6.45, 7) is 4.75. The van der Waals surface area contributed by atoms with Gasteiger partial charge in [-0.15, -0.1) is 0 Å². The fourth-order valence-corrected chi connectivity index (χ4v) is 2.11. The third kappa shape index (κ3) is 2.32. The monoisotopic (exact) mass is 252 g/mol. The molecule has 0 aliphatic rings. The zero-order valence-electron chi connectivity index (χ0n) is 11.1. The smallest absolute Gasteiger partial charge is 0.137 e. The van der Waals surface area contributed by atoms with Crippen LogP contribution in [0.3, 0.4) is 0 Å². The van der Waals surface area contributed by atoms with E-state index in [1.54, 1.807) is 0 Å². The minimum absolute atomic E-state index is 0.687. The van der Waals surface area contributed by atoms with Crippen molar-refractivity contribution in [2.75, 3.05) is 6.61 Å². The van der Waals surface area contributed by atoms with Gasteiger partial charge in [0.05, 0.1) is 12.3 Å². The zero-order chi connectivity index (χ0) is 13.2. The summed E-state index contributed by atoms with van der Waals surface area (Å²) >= 11 is 0. The molecule has 0 bridgehead atoms. The van der Waals surface area contributed by atoms with Crippen molar-refractivity contribution in [3.8, 4) is 17.0 Å². The number of aryl methyl sites for hydroxylation is 1. The van der Waals surface area contributed by atoms with Gasteiger partial charge in [0.15, 0.2) is 0 Å². The maximum Gasteiger partial charge on any atom is 0.137 e. The molecule has 3 nitrogen and oxygen atoms in total. The molecule has 0 fully saturated rings. The van der Waals surface area contributed by atoms with E-state index in [9.17, 15) is 0 Å². The Balaban J connectivity index is 1.99. The Bertz CT molecular complexity index is 698. The van der Waals surface area contributed by atoms with E-state index in [0.717, 1.165) is 22.7 Å². The SMILES string of the molecule is CCOc1ccc(-c2cn3ccc(C)cc3n2)cc1. The molecule has 0 amide bonds. The highest BCUT2D eigenvalue weighted by Gasteiger charge is 2.04. The molecule has 0 spiro atoms. The summed E-state index contributed by atoms with van der Waals surface area (Å²) in [4.78, 5) is 4.64. The lowest BCUT2D eigenvalue weighted by molar-refractivity contribution is 0.340. The summed E-state index contributed by atoms with van der Waals surface area (Å²) < 4.78 is 7.49. The fraction of sp³-hybridized carbons (Fsp3) is 0.188. The Kier molecular flexibility index (Phi) is 2.95. The third-order valence-electron chi connectivity index (χ3n) is 3.08. The average molecular weight is 252 g/mol. The zero-order valence-corrected chi connectivity index (χ0v) is 11.1. The highest BCUT2D eigenvalue weighted by Crippen LogP contribution is 2.22. The first-order valence-corrected chi connectivity index (χ1v) is 6.45. The van der Waals surface area contributed by atoms with Crippen molar-refractivity contribution < 1.29 is 4.74 Å². The van der Waals surface area contributed by atoms with E-state index in [1.807, 2.05) is 48.0 Å². The number of ether oxygens (including phenoxy) is 1. The highest BCUT2D eigenvalue weighted by molar-refractivity contribution is 5.63. The molecule has 3 heteroatoms. The fourth-order valence-electron chi connectivity index (χ4n) is 2.11. The van der Waals surface area contributed by atoms with Crippen molar-refractivity contribution in [2.45, 2.75) is 13.8 Å². The maximum atomic E-state index is 5.45. The molecule has 3 rings (SSSR count). The van der Waals surface area contributed by atoms with Crippen LogP contribution in [0.2, 0.25) is 0 Å². The van der Waals surface area contributed by atoms with E-state index in [4.69, 9.17) is 4.74 Å². The van der Waals surface area contributed by atoms with Gasteiger partial charge in [0.25, 0.3) is 0 Å². The number of rotatable bonds is 3. The molecule has 19 heavy (non-hydrogen) atoms. The average Bonchev–Trinajstić information content (AvgIpc) is 2.83. The van der Waals surface area contributed by atoms with Crippen LogP contribution < -0.4 is 4.74 Å². The predicted octanol–water partition coefficient (Wildman–Crippen LogP) is 3.71. The predicted molar refractivity (Wildman–Crippen MR) is 76.5 cm³/mol. The second-order valence-corrected chi connectivity index (χ2v) is 4.55. The summed E-state index contributed by atoms with van der Waals surface area (Å²) in [5.41, 5.74) is 4.28. The van der Waals surface area contributed by atoms with E-state index in [-0.39, 0.29) is 0 Å². The normalized spacial score (nSPS) is 10.8. The van der Waals surface area contributed by atoms with Gasteiger partial charge in [-0.25, -0.2) is 4.98 Å². The van der Waals surface area contributed by atoms with Crippen molar-refractivity contribution in [3.63, 3.8) is 0 Å². The molecule has 0 aliphatic heterocycles. The lowest BCUT2D eigenvalue weighted by atomic mass is 10.2. The van der Waals surface area contributed by atoms with Crippen molar-refractivity contribution in [3.05, 3.63) is 54.4 Å². The molecule has 0 saturated carbocycles. The number of pyridine rings is 1. The van der Waals surface area contributed by atoms with Crippen LogP contribution in [0.15, 0.2) is 48.8 Å². The van der Waals surface area contributed by atoms with Gasteiger partial charge in [-0.3, -0.25) is 0 Å². The Morgan fingerprint density at radius 3 is 2.68 bits per heavy atom. The summed E-state index contributed by atoms with van der Waals surface area (Å²) in [6, 6.07) is 12.2. The van der Waals surface area contributed by atoms with Gasteiger partial charge < -0.3 is 9.14 Å². The Labute approximate surface area is 112 Å². The third-order valence-corrected chi connectivity index (χ3v) is 3.08. The van der Waals surface area contributed by atoms with Crippen LogP contribution in [0, 0.1) is 6.92 Å². The maximum absolute atomic E-state index is 5.45. The van der Waals surface area contributed by atoms with E-state index in [2.05, 4.69) is 24.0 Å². The molecule has 0 N–H and O–H groups in total. The Morgan fingerprint density at radius 2 is 1.95 bits per heavy atom. The molecule has 0 saturated heterocycles. The lowest BCUT2D eigenvalue weighted by Crippen LogP contribution is -1.90. The topological polar surface area (TPSA) is 26.5 Å². The second kappa shape index (κ2) is 4.76. The van der Waals surface area contributed by atoms with Crippen LogP contribution in [0.25, 0.3) is 16.9 Å². The van der Waals surface area contributed by atoms with Crippen molar-refractivity contribution >= 4 is 5.65 Å². The van der Waals surface area contributed by atoms with E-state index in [0.29, 0.717) is 6.61 Å². The summed E-state index contributed by atoms with van der Waals surface area (Å²) in [5, 5.41) is 0. The van der Waals surface area contributed by atoms with Gasteiger partial charge in [0.2, 0.25) is 0 Å². The quantitative estimate of drug-likeness (QED) is 0.710. The number of aromatic nitrogens is 2. The van der Waals surface area contributed by atoms with Crippen molar-refractivity contribution in [2.24, 2.45) is 0 Å². The molecular formula is C16H16N2O. The Hall–Kier alpha value is -2.29. The molecule has 3 aromatic rings. The molecule has 0 aliphatic carbocycles. The number of imidazole rings is 1. The first-order valence-electron chi connectivity index (χ1n) is 6.45. The van der Waals surface area contributed by atoms with E-state index < -0.39 is 0 Å². The van der Waals surface area contributed by atoms with E-state index in [1.165, 1.54) is 5.56 Å². The van der Waals surface area contributed by atoms with Crippen molar-refractivity contribution in [1.29, 1.82) is 0 Å². The summed E-state index contributed by atoms with van der Waals surface area (Å²) in [5.74, 6) is 0.894. The van der Waals surface area contributed by atoms with Gasteiger partial charge >= 0.3 is 0 Å². The minimum Gasteiger partial charge on any atom is -0.494 e. The van der Waals surface area contributed by atoms with Gasteiger partial charge in [-0.2, -0.15) is 0 Å². The molecule has 0 unspecified atom stereocenters. The molecule has 1 aromatic carbocycles. The number of fused-ring (bicyclic) bond motifs is 1. The molecule has 96 valence electrons. The van der Waals surface area contributed by atoms with Crippen LogP contribution in [-0.2, 0) is 0 Å². The highest BCUT2D eigenvalue weighted by atomic mass is 16.5. The Morgan fingerprint density at radius 1 is 1.16 bits per heavy atom. The van der Waals surface area contributed by atoms with Crippen molar-refractivity contribution in [1.82, 2.24) is 9.38 Å². The largest absolute Gasteiger partial charge is 0.494 e. The lowest BCUT2D eigenvalue weighted by Gasteiger charge is -2.02. The number of benzene rings is 1. The molecule has 2 aromatic heterocycles. The van der Waals surface area contributed by atoms with Crippen LogP contribution in [-0.4, -0.2) is 16.0 Å². The second-order valence-electron chi connectivity index (χ2n) is 4.55. The van der Waals surface area contributed by atoms with Gasteiger partial charge in [-0.1, -0.05) is 0 Å². The van der Waals surface area contributed by atoms with Gasteiger partial charge in [0.1, 0.15) is 11.4 Å². The van der Waals surface area contributed by atoms with Crippen LogP contribution in [0.5, 0.6) is 5.75 Å². The van der Waals surface area contributed by atoms with Gasteiger partial charge in [-0.05, 0) is 55.8 Å².